The number of methoxy groups -OCH3 is 2. The first kappa shape index (κ1) is 18.1. The van der Waals surface area contributed by atoms with Crippen molar-refractivity contribution in [3.63, 3.8) is 0 Å². The SMILES string of the molecule is COc1cccc(C(=O)NNC(=O)COc2cccc(C)c2)c1OC. The molecular weight excluding hydrogens is 324 g/mol. The molecule has 0 saturated carbocycles. The number of carbonyl (C=O) groups is 2. The Morgan fingerprint density at radius 1 is 1.00 bits per heavy atom. The molecule has 2 N–H and O–H groups in total. The largest absolute Gasteiger partial charge is 0.493 e. The summed E-state index contributed by atoms with van der Waals surface area (Å²) < 4.78 is 15.7. The van der Waals surface area contributed by atoms with Crippen LogP contribution >= 0.6 is 0 Å². The lowest BCUT2D eigenvalue weighted by Gasteiger charge is -2.13. The van der Waals surface area contributed by atoms with Crippen molar-refractivity contribution in [3.8, 4) is 17.2 Å². The molecule has 7 heteroatoms. The molecule has 25 heavy (non-hydrogen) atoms. The summed E-state index contributed by atoms with van der Waals surface area (Å²) in [6, 6.07) is 12.2. The number of hydrogen-bond donors (Lipinski definition) is 2. The van der Waals surface area contributed by atoms with Crippen molar-refractivity contribution >= 4 is 11.8 Å². The molecule has 0 spiro atoms. The third-order valence-electron chi connectivity index (χ3n) is 3.32. The molecule has 0 aliphatic heterocycles. The first-order valence-corrected chi connectivity index (χ1v) is 7.54. The summed E-state index contributed by atoms with van der Waals surface area (Å²) in [5, 5.41) is 0. The van der Waals surface area contributed by atoms with Gasteiger partial charge in [-0.1, -0.05) is 18.2 Å². The number of hydrazine groups is 1. The van der Waals surface area contributed by atoms with Gasteiger partial charge in [0.05, 0.1) is 19.8 Å². The molecule has 2 rings (SSSR count). The maximum atomic E-state index is 12.2. The van der Waals surface area contributed by atoms with Gasteiger partial charge in [0.2, 0.25) is 0 Å². The van der Waals surface area contributed by atoms with Gasteiger partial charge in [0, 0.05) is 0 Å². The Bertz CT molecular complexity index is 761. The fourth-order valence-electron chi connectivity index (χ4n) is 2.15. The summed E-state index contributed by atoms with van der Waals surface area (Å²) in [5.74, 6) is 0.268. The first-order valence-electron chi connectivity index (χ1n) is 7.54. The van der Waals surface area contributed by atoms with Crippen LogP contribution in [-0.2, 0) is 4.79 Å². The molecule has 2 aromatic rings. The maximum Gasteiger partial charge on any atom is 0.276 e. The van der Waals surface area contributed by atoms with E-state index in [2.05, 4.69) is 10.9 Å². The Balaban J connectivity index is 1.90. The number of carbonyl (C=O) groups excluding carboxylic acids is 2. The molecule has 0 aliphatic carbocycles. The summed E-state index contributed by atoms with van der Waals surface area (Å²) in [6.45, 7) is 1.70. The highest BCUT2D eigenvalue weighted by Crippen LogP contribution is 2.30. The quantitative estimate of drug-likeness (QED) is 0.781. The van der Waals surface area contributed by atoms with Crippen molar-refractivity contribution in [1.82, 2.24) is 10.9 Å². The Kier molecular flexibility index (Phi) is 6.22. The molecule has 0 fully saturated rings. The molecule has 0 radical (unpaired) electrons. The summed E-state index contributed by atoms with van der Waals surface area (Å²) in [4.78, 5) is 24.0. The minimum absolute atomic E-state index is 0.223. The second-order valence-corrected chi connectivity index (χ2v) is 5.15. The summed E-state index contributed by atoms with van der Waals surface area (Å²) in [7, 11) is 2.91. The smallest absolute Gasteiger partial charge is 0.276 e. The van der Waals surface area contributed by atoms with Crippen LogP contribution in [0, 0.1) is 6.92 Å². The van der Waals surface area contributed by atoms with Gasteiger partial charge in [-0.05, 0) is 36.8 Å². The van der Waals surface area contributed by atoms with Crippen LogP contribution in [0.2, 0.25) is 0 Å². The lowest BCUT2D eigenvalue weighted by Crippen LogP contribution is -2.43. The van der Waals surface area contributed by atoms with Gasteiger partial charge in [-0.3, -0.25) is 20.4 Å². The fourth-order valence-corrected chi connectivity index (χ4v) is 2.15. The number of aryl methyl sites for hydroxylation is 1. The predicted octanol–water partition coefficient (Wildman–Crippen LogP) is 1.85. The third kappa shape index (κ3) is 4.87. The monoisotopic (exact) mass is 344 g/mol. The van der Waals surface area contributed by atoms with Gasteiger partial charge in [0.1, 0.15) is 5.75 Å². The van der Waals surface area contributed by atoms with Gasteiger partial charge in [-0.15, -0.1) is 0 Å². The van der Waals surface area contributed by atoms with Gasteiger partial charge >= 0.3 is 0 Å². The predicted molar refractivity (Wildman–Crippen MR) is 91.8 cm³/mol. The molecule has 0 aliphatic rings. The van der Waals surface area contributed by atoms with Crippen LogP contribution in [0.1, 0.15) is 15.9 Å². The van der Waals surface area contributed by atoms with Crippen LogP contribution in [0.5, 0.6) is 17.2 Å². The molecule has 7 nitrogen and oxygen atoms in total. The van der Waals surface area contributed by atoms with E-state index in [-0.39, 0.29) is 17.9 Å². The van der Waals surface area contributed by atoms with Crippen molar-refractivity contribution in [3.05, 3.63) is 53.6 Å². The van der Waals surface area contributed by atoms with E-state index in [1.807, 2.05) is 25.1 Å². The summed E-state index contributed by atoms with van der Waals surface area (Å²) in [6.07, 6.45) is 0. The van der Waals surface area contributed by atoms with Crippen molar-refractivity contribution in [2.75, 3.05) is 20.8 Å². The Labute approximate surface area is 145 Å². The van der Waals surface area contributed by atoms with Crippen LogP contribution in [0.4, 0.5) is 0 Å². The molecule has 0 saturated heterocycles. The van der Waals surface area contributed by atoms with Gasteiger partial charge in [0.15, 0.2) is 18.1 Å². The van der Waals surface area contributed by atoms with E-state index in [4.69, 9.17) is 14.2 Å². The Hall–Kier alpha value is -3.22. The molecule has 0 bridgehead atoms. The van der Waals surface area contributed by atoms with Gasteiger partial charge < -0.3 is 14.2 Å². The molecule has 0 atom stereocenters. The highest BCUT2D eigenvalue weighted by Gasteiger charge is 2.16. The van der Waals surface area contributed by atoms with Gasteiger partial charge in [-0.2, -0.15) is 0 Å². The van der Waals surface area contributed by atoms with Crippen LogP contribution in [0.15, 0.2) is 42.5 Å². The molecule has 2 aromatic carbocycles. The lowest BCUT2D eigenvalue weighted by atomic mass is 10.2. The van der Waals surface area contributed by atoms with Crippen molar-refractivity contribution in [2.24, 2.45) is 0 Å². The topological polar surface area (TPSA) is 85.9 Å². The zero-order valence-electron chi connectivity index (χ0n) is 14.3. The highest BCUT2D eigenvalue weighted by atomic mass is 16.5. The summed E-state index contributed by atoms with van der Waals surface area (Å²) >= 11 is 0. The van der Waals surface area contributed by atoms with Gasteiger partial charge in [-0.25, -0.2) is 0 Å². The molecule has 132 valence electrons. The van der Waals surface area contributed by atoms with E-state index in [0.717, 1.165) is 5.56 Å². The van der Waals surface area contributed by atoms with E-state index in [1.165, 1.54) is 14.2 Å². The number of hydrogen-bond acceptors (Lipinski definition) is 5. The van der Waals surface area contributed by atoms with Gasteiger partial charge in [0.25, 0.3) is 11.8 Å². The van der Waals surface area contributed by atoms with Crippen LogP contribution < -0.4 is 25.1 Å². The standard InChI is InChI=1S/C18H20N2O5/c1-12-6-4-7-13(10-12)25-11-16(21)19-20-18(22)14-8-5-9-15(23-2)17(14)24-3/h4-10H,11H2,1-3H3,(H,19,21)(H,20,22). The maximum absolute atomic E-state index is 12.2. The van der Waals surface area contributed by atoms with E-state index in [9.17, 15) is 9.59 Å². The lowest BCUT2D eigenvalue weighted by molar-refractivity contribution is -0.123. The average molecular weight is 344 g/mol. The number of para-hydroxylation sites is 1. The number of ether oxygens (including phenoxy) is 3. The average Bonchev–Trinajstić information content (AvgIpc) is 2.63. The molecule has 0 aromatic heterocycles. The number of rotatable bonds is 6. The normalized spacial score (nSPS) is 9.88. The number of amides is 2. The third-order valence-corrected chi connectivity index (χ3v) is 3.32. The second-order valence-electron chi connectivity index (χ2n) is 5.15. The fraction of sp³-hybridized carbons (Fsp3) is 0.222. The summed E-state index contributed by atoms with van der Waals surface area (Å²) in [5.41, 5.74) is 5.88. The van der Waals surface area contributed by atoms with Crippen molar-refractivity contribution in [2.45, 2.75) is 6.92 Å². The van der Waals surface area contributed by atoms with Crippen molar-refractivity contribution in [1.29, 1.82) is 0 Å². The molecule has 0 heterocycles. The Morgan fingerprint density at radius 3 is 2.44 bits per heavy atom. The number of nitrogens with one attached hydrogen (secondary N) is 2. The minimum atomic E-state index is -0.528. The van der Waals surface area contributed by atoms with Crippen LogP contribution in [0.3, 0.4) is 0 Å². The molecular formula is C18H20N2O5. The van der Waals surface area contributed by atoms with E-state index in [0.29, 0.717) is 11.5 Å². The Morgan fingerprint density at radius 2 is 1.76 bits per heavy atom. The van der Waals surface area contributed by atoms with Crippen LogP contribution in [-0.4, -0.2) is 32.6 Å². The van der Waals surface area contributed by atoms with Crippen LogP contribution in [0.25, 0.3) is 0 Å². The second kappa shape index (κ2) is 8.58. The number of benzene rings is 2. The zero-order chi connectivity index (χ0) is 18.2. The first-order chi connectivity index (χ1) is 12.0. The highest BCUT2D eigenvalue weighted by molar-refractivity contribution is 5.98. The molecule has 2 amide bonds. The zero-order valence-corrected chi connectivity index (χ0v) is 14.3. The van der Waals surface area contributed by atoms with E-state index in [1.54, 1.807) is 24.3 Å². The van der Waals surface area contributed by atoms with E-state index < -0.39 is 11.8 Å². The molecule has 0 unspecified atom stereocenters. The van der Waals surface area contributed by atoms with Crippen molar-refractivity contribution < 1.29 is 23.8 Å². The minimum Gasteiger partial charge on any atom is -0.493 e. The van der Waals surface area contributed by atoms with E-state index >= 15 is 0 Å².